The molecule has 0 radical (unpaired) electrons. The predicted octanol–water partition coefficient (Wildman–Crippen LogP) is 3.54. The number of ether oxygens (including phenoxy) is 3. The van der Waals surface area contributed by atoms with Crippen LogP contribution in [-0.4, -0.2) is 56.1 Å². The number of amides is 1. The van der Waals surface area contributed by atoms with Crippen molar-refractivity contribution in [2.24, 2.45) is 0 Å². The monoisotopic (exact) mass is 520 g/mol. The van der Waals surface area contributed by atoms with Gasteiger partial charge in [-0.1, -0.05) is 0 Å². The second kappa shape index (κ2) is 9.75. The highest BCUT2D eigenvalue weighted by Gasteiger charge is 2.31. The molecule has 1 fully saturated rings. The number of halogens is 4. The molecule has 1 aliphatic heterocycles. The summed E-state index contributed by atoms with van der Waals surface area (Å²) in [7, 11) is 0. The molecule has 5 rings (SSSR count). The molecule has 0 bridgehead atoms. The number of carbonyl (C=O) groups excluding carboxylic acids is 2. The van der Waals surface area contributed by atoms with Crippen LogP contribution in [0.25, 0.3) is 16.9 Å². The summed E-state index contributed by atoms with van der Waals surface area (Å²) in [6.07, 6.45) is 5.89. The lowest BCUT2D eigenvalue weighted by atomic mass is 10.1. The minimum absolute atomic E-state index is 0.0340. The Hall–Kier alpha value is -4.69. The first-order chi connectivity index (χ1) is 17.8. The maximum Gasteiger partial charge on any atom is 0.387 e. The van der Waals surface area contributed by atoms with E-state index in [2.05, 4.69) is 30.0 Å². The first-order valence-corrected chi connectivity index (χ1v) is 10.7. The number of cyclic esters (lactones) is 1. The van der Waals surface area contributed by atoms with Crippen LogP contribution in [0, 0.1) is 0 Å². The summed E-state index contributed by atoms with van der Waals surface area (Å²) in [6.45, 7) is -6.32. The molecule has 1 atom stereocenters. The zero-order valence-electron chi connectivity index (χ0n) is 18.6. The van der Waals surface area contributed by atoms with Crippen LogP contribution < -0.4 is 14.8 Å². The number of hydrogen-bond donors (Lipinski definition) is 1. The SMILES string of the molecule is O=C(Nc1cn([C@@H]2CCOC2=O)nc1-c1cc(OC(F)F)ccc1OC(F)F)c1cnn2cccnc12. The molecule has 4 heterocycles. The van der Waals surface area contributed by atoms with E-state index in [1.807, 2.05) is 0 Å². The van der Waals surface area contributed by atoms with Gasteiger partial charge in [-0.15, -0.1) is 0 Å². The number of benzene rings is 1. The molecule has 37 heavy (non-hydrogen) atoms. The summed E-state index contributed by atoms with van der Waals surface area (Å²) in [5.74, 6) is -2.06. The van der Waals surface area contributed by atoms with Crippen LogP contribution >= 0.6 is 0 Å². The van der Waals surface area contributed by atoms with Crippen molar-refractivity contribution in [2.45, 2.75) is 25.7 Å². The van der Waals surface area contributed by atoms with Gasteiger partial charge >= 0.3 is 19.2 Å². The number of fused-ring (bicyclic) bond motifs is 1. The molecular weight excluding hydrogens is 504 g/mol. The quantitative estimate of drug-likeness (QED) is 0.277. The van der Waals surface area contributed by atoms with Crippen LogP contribution in [-0.2, 0) is 9.53 Å². The number of nitrogens with zero attached hydrogens (tertiary/aromatic N) is 5. The minimum atomic E-state index is -3.25. The van der Waals surface area contributed by atoms with Crippen LogP contribution in [0.5, 0.6) is 11.5 Å². The van der Waals surface area contributed by atoms with E-state index in [0.29, 0.717) is 0 Å². The van der Waals surface area contributed by atoms with Crippen molar-refractivity contribution in [3.8, 4) is 22.8 Å². The standard InChI is InChI=1S/C22H16F4N6O5/c23-21(24)36-11-2-3-16(37-22(25)26)12(8-11)17-14(10-32(30-17)15-4-7-35-20(15)34)29-19(33)13-9-28-31-6-1-5-27-18(13)31/h1-3,5-6,8-10,15,21-22H,4,7H2,(H,29,33)/t15-/m1/s1. The van der Waals surface area contributed by atoms with Gasteiger partial charge in [-0.25, -0.2) is 14.3 Å². The van der Waals surface area contributed by atoms with E-state index in [1.54, 1.807) is 12.3 Å². The molecule has 0 unspecified atom stereocenters. The average Bonchev–Trinajstić information content (AvgIpc) is 3.57. The molecule has 1 saturated heterocycles. The van der Waals surface area contributed by atoms with Crippen LogP contribution in [0.4, 0.5) is 23.2 Å². The molecule has 11 nitrogen and oxygen atoms in total. The smallest absolute Gasteiger partial charge is 0.387 e. The van der Waals surface area contributed by atoms with Gasteiger partial charge in [0.2, 0.25) is 0 Å². The van der Waals surface area contributed by atoms with E-state index in [0.717, 1.165) is 18.2 Å². The van der Waals surface area contributed by atoms with Crippen molar-refractivity contribution < 1.29 is 41.4 Å². The van der Waals surface area contributed by atoms with E-state index >= 15 is 0 Å². The number of rotatable bonds is 8. The summed E-state index contributed by atoms with van der Waals surface area (Å²) in [4.78, 5) is 29.4. The van der Waals surface area contributed by atoms with Gasteiger partial charge in [-0.2, -0.15) is 27.8 Å². The Labute approximate surface area is 204 Å². The van der Waals surface area contributed by atoms with Crippen LogP contribution in [0.2, 0.25) is 0 Å². The summed E-state index contributed by atoms with van der Waals surface area (Å²) in [6, 6.07) is 3.78. The fourth-order valence-corrected chi connectivity index (χ4v) is 3.81. The fraction of sp³-hybridized carbons (Fsp3) is 0.227. The van der Waals surface area contributed by atoms with Gasteiger partial charge in [0.15, 0.2) is 11.7 Å². The summed E-state index contributed by atoms with van der Waals surface area (Å²) in [5, 5.41) is 10.9. The third kappa shape index (κ3) is 4.87. The summed E-state index contributed by atoms with van der Waals surface area (Å²) < 4.78 is 68.4. The Kier molecular flexibility index (Phi) is 6.33. The van der Waals surface area contributed by atoms with Gasteiger partial charge in [0, 0.05) is 18.8 Å². The van der Waals surface area contributed by atoms with Crippen molar-refractivity contribution in [2.75, 3.05) is 11.9 Å². The average molecular weight is 520 g/mol. The Morgan fingerprint density at radius 1 is 1.19 bits per heavy atom. The highest BCUT2D eigenvalue weighted by atomic mass is 19.3. The van der Waals surface area contributed by atoms with E-state index in [1.165, 1.54) is 27.8 Å². The number of anilines is 1. The lowest BCUT2D eigenvalue weighted by Gasteiger charge is -2.13. The first kappa shape index (κ1) is 24.0. The zero-order chi connectivity index (χ0) is 26.1. The van der Waals surface area contributed by atoms with Gasteiger partial charge < -0.3 is 19.5 Å². The third-order valence-corrected chi connectivity index (χ3v) is 5.38. The van der Waals surface area contributed by atoms with Crippen LogP contribution in [0.3, 0.4) is 0 Å². The predicted molar refractivity (Wildman–Crippen MR) is 116 cm³/mol. The number of hydrogen-bond acceptors (Lipinski definition) is 8. The molecule has 0 aliphatic carbocycles. The third-order valence-electron chi connectivity index (χ3n) is 5.38. The largest absolute Gasteiger partial charge is 0.464 e. The Bertz CT molecular complexity index is 1470. The van der Waals surface area contributed by atoms with E-state index < -0.39 is 36.9 Å². The van der Waals surface area contributed by atoms with Gasteiger partial charge in [0.05, 0.1) is 30.3 Å². The molecular formula is C22H16F4N6O5. The normalized spacial score (nSPS) is 15.4. The molecule has 0 saturated carbocycles. The zero-order valence-corrected chi connectivity index (χ0v) is 18.6. The first-order valence-electron chi connectivity index (χ1n) is 10.7. The molecule has 4 aromatic rings. The Morgan fingerprint density at radius 2 is 2.00 bits per heavy atom. The van der Waals surface area contributed by atoms with Gasteiger partial charge in [0.1, 0.15) is 22.8 Å². The summed E-state index contributed by atoms with van der Waals surface area (Å²) in [5.41, 5.74) is -0.0567. The van der Waals surface area contributed by atoms with E-state index in [9.17, 15) is 27.2 Å². The highest BCUT2D eigenvalue weighted by molar-refractivity contribution is 6.09. The van der Waals surface area contributed by atoms with Crippen molar-refractivity contribution in [3.05, 3.63) is 54.6 Å². The van der Waals surface area contributed by atoms with Crippen molar-refractivity contribution in [1.82, 2.24) is 24.4 Å². The van der Waals surface area contributed by atoms with Gasteiger partial charge in [-0.3, -0.25) is 9.48 Å². The van der Waals surface area contributed by atoms with Gasteiger partial charge in [-0.05, 0) is 24.3 Å². The highest BCUT2D eigenvalue weighted by Crippen LogP contribution is 2.39. The Balaban J connectivity index is 1.60. The maximum atomic E-state index is 13.1. The van der Waals surface area contributed by atoms with Crippen molar-refractivity contribution >= 4 is 23.2 Å². The molecule has 1 amide bonds. The van der Waals surface area contributed by atoms with Gasteiger partial charge in [0.25, 0.3) is 5.91 Å². The van der Waals surface area contributed by atoms with Crippen molar-refractivity contribution in [3.63, 3.8) is 0 Å². The van der Waals surface area contributed by atoms with E-state index in [4.69, 9.17) is 4.74 Å². The van der Waals surface area contributed by atoms with Crippen molar-refractivity contribution in [1.29, 1.82) is 0 Å². The fourth-order valence-electron chi connectivity index (χ4n) is 3.81. The maximum absolute atomic E-state index is 13.1. The molecule has 1 aromatic carbocycles. The molecule has 192 valence electrons. The Morgan fingerprint density at radius 3 is 2.73 bits per heavy atom. The topological polar surface area (TPSA) is 122 Å². The number of nitrogens with one attached hydrogen (secondary N) is 1. The second-order valence-electron chi connectivity index (χ2n) is 7.66. The second-order valence-corrected chi connectivity index (χ2v) is 7.66. The lowest BCUT2D eigenvalue weighted by Crippen LogP contribution is -2.15. The summed E-state index contributed by atoms with van der Waals surface area (Å²) >= 11 is 0. The number of alkyl halides is 4. The molecule has 3 aromatic heterocycles. The molecule has 1 N–H and O–H groups in total. The lowest BCUT2D eigenvalue weighted by molar-refractivity contribution is -0.140. The molecule has 0 spiro atoms. The van der Waals surface area contributed by atoms with Crippen LogP contribution in [0.1, 0.15) is 22.8 Å². The number of carbonyl (C=O) groups is 2. The van der Waals surface area contributed by atoms with E-state index in [-0.39, 0.29) is 46.9 Å². The minimum Gasteiger partial charge on any atom is -0.464 e. The molecule has 15 heteroatoms. The number of esters is 1. The van der Waals surface area contributed by atoms with Crippen LogP contribution in [0.15, 0.2) is 49.1 Å². The number of aromatic nitrogens is 5. The molecule has 1 aliphatic rings.